The highest BCUT2D eigenvalue weighted by Gasteiger charge is 2.27. The van der Waals surface area contributed by atoms with Gasteiger partial charge in [-0.25, -0.2) is 17.2 Å². The molecular formula is C18H18F2N2O3S. The lowest BCUT2D eigenvalue weighted by Gasteiger charge is -2.28. The molecule has 5 nitrogen and oxygen atoms in total. The fourth-order valence-electron chi connectivity index (χ4n) is 2.86. The summed E-state index contributed by atoms with van der Waals surface area (Å²) in [4.78, 5) is 11.9. The van der Waals surface area contributed by atoms with Crippen LogP contribution in [0.4, 0.5) is 14.5 Å². The van der Waals surface area contributed by atoms with E-state index in [9.17, 15) is 22.0 Å². The van der Waals surface area contributed by atoms with Gasteiger partial charge in [0, 0.05) is 25.6 Å². The maximum absolute atomic E-state index is 13.5. The first-order valence-corrected chi connectivity index (χ1v) is 9.75. The van der Waals surface area contributed by atoms with E-state index in [0.29, 0.717) is 19.0 Å². The molecule has 0 fully saturated rings. The van der Waals surface area contributed by atoms with Crippen LogP contribution in [0, 0.1) is 11.6 Å². The van der Waals surface area contributed by atoms with Gasteiger partial charge in [-0.1, -0.05) is 24.3 Å². The van der Waals surface area contributed by atoms with Gasteiger partial charge in [-0.05, 0) is 29.7 Å². The molecule has 0 spiro atoms. The van der Waals surface area contributed by atoms with Crippen LogP contribution in [0.1, 0.15) is 17.5 Å². The van der Waals surface area contributed by atoms with Gasteiger partial charge in [0.25, 0.3) is 0 Å². The minimum atomic E-state index is -3.61. The van der Waals surface area contributed by atoms with Gasteiger partial charge in [-0.15, -0.1) is 0 Å². The summed E-state index contributed by atoms with van der Waals surface area (Å²) in [6.45, 7) is 0.653. The summed E-state index contributed by atoms with van der Waals surface area (Å²) < 4.78 is 52.7. The molecule has 0 saturated carbocycles. The molecule has 0 unspecified atom stereocenters. The van der Waals surface area contributed by atoms with Crippen molar-refractivity contribution in [2.24, 2.45) is 0 Å². The molecule has 0 aromatic heterocycles. The van der Waals surface area contributed by atoms with E-state index >= 15 is 0 Å². The summed E-state index contributed by atoms with van der Waals surface area (Å²) in [5.41, 5.74) is 1.91. The number of amides is 1. The number of carbonyl (C=O) groups is 1. The second-order valence-electron chi connectivity index (χ2n) is 6.09. The Kier molecular flexibility index (Phi) is 5.33. The molecule has 1 aliphatic rings. The van der Waals surface area contributed by atoms with Crippen LogP contribution in [0.3, 0.4) is 0 Å². The first-order valence-electron chi connectivity index (χ1n) is 8.15. The van der Waals surface area contributed by atoms with Crippen LogP contribution >= 0.6 is 0 Å². The van der Waals surface area contributed by atoms with E-state index in [-0.39, 0.29) is 24.4 Å². The first kappa shape index (κ1) is 18.5. The highest BCUT2D eigenvalue weighted by molar-refractivity contribution is 7.89. The van der Waals surface area contributed by atoms with Gasteiger partial charge < -0.3 is 5.32 Å². The third kappa shape index (κ3) is 4.25. The second-order valence-corrected chi connectivity index (χ2v) is 8.18. The Balaban J connectivity index is 1.59. The number of hydrogen-bond acceptors (Lipinski definition) is 3. The van der Waals surface area contributed by atoms with Crippen LogP contribution in [-0.2, 0) is 27.8 Å². The number of nitrogens with zero attached hydrogens (tertiary/aromatic N) is 1. The van der Waals surface area contributed by atoms with Crippen LogP contribution in [0.25, 0.3) is 0 Å². The standard InChI is InChI=1S/C18H18F2N2O3S/c19-15-5-6-17(16(20)11-15)21-18(23)8-10-26(24,25)22-9-7-13-3-1-2-4-14(13)12-22/h1-6,11H,7-10,12H2,(H,21,23). The Morgan fingerprint density at radius 2 is 1.85 bits per heavy atom. The lowest BCUT2D eigenvalue weighted by Crippen LogP contribution is -2.38. The van der Waals surface area contributed by atoms with Gasteiger partial charge in [-0.3, -0.25) is 4.79 Å². The minimum absolute atomic E-state index is 0.180. The largest absolute Gasteiger partial charge is 0.324 e. The molecule has 8 heteroatoms. The highest BCUT2D eigenvalue weighted by Crippen LogP contribution is 2.21. The number of sulfonamides is 1. The number of nitrogens with one attached hydrogen (secondary N) is 1. The lowest BCUT2D eigenvalue weighted by atomic mass is 10.0. The van der Waals surface area contributed by atoms with Crippen LogP contribution in [0.2, 0.25) is 0 Å². The van der Waals surface area contributed by atoms with Gasteiger partial charge in [0.2, 0.25) is 15.9 Å². The molecule has 0 bridgehead atoms. The number of benzene rings is 2. The van der Waals surface area contributed by atoms with Crippen LogP contribution in [0.15, 0.2) is 42.5 Å². The van der Waals surface area contributed by atoms with E-state index < -0.39 is 27.6 Å². The van der Waals surface area contributed by atoms with E-state index in [2.05, 4.69) is 5.32 Å². The molecule has 3 rings (SSSR count). The predicted molar refractivity (Wildman–Crippen MR) is 93.9 cm³/mol. The van der Waals surface area contributed by atoms with Crippen molar-refractivity contribution in [3.63, 3.8) is 0 Å². The zero-order valence-corrected chi connectivity index (χ0v) is 14.7. The van der Waals surface area contributed by atoms with Crippen molar-refractivity contribution in [2.45, 2.75) is 19.4 Å². The molecule has 0 radical (unpaired) electrons. The number of carbonyl (C=O) groups excluding carboxylic acids is 1. The number of anilines is 1. The zero-order valence-electron chi connectivity index (χ0n) is 13.9. The number of fused-ring (bicyclic) bond motifs is 1. The topological polar surface area (TPSA) is 66.5 Å². The van der Waals surface area contributed by atoms with Crippen LogP contribution < -0.4 is 5.32 Å². The van der Waals surface area contributed by atoms with E-state index in [1.165, 1.54) is 4.31 Å². The van der Waals surface area contributed by atoms with Crippen molar-refractivity contribution in [3.8, 4) is 0 Å². The summed E-state index contributed by atoms with van der Waals surface area (Å²) in [5.74, 6) is -2.68. The Hall–Kier alpha value is -2.32. The average molecular weight is 380 g/mol. The monoisotopic (exact) mass is 380 g/mol. The van der Waals surface area contributed by atoms with Crippen LogP contribution in [0.5, 0.6) is 0 Å². The Morgan fingerprint density at radius 1 is 1.12 bits per heavy atom. The van der Waals surface area contributed by atoms with Gasteiger partial charge >= 0.3 is 0 Å². The van der Waals surface area contributed by atoms with Crippen molar-refractivity contribution in [1.29, 1.82) is 0 Å². The average Bonchev–Trinajstić information content (AvgIpc) is 2.62. The molecule has 2 aromatic carbocycles. The molecule has 26 heavy (non-hydrogen) atoms. The molecule has 0 aliphatic carbocycles. The number of halogens is 2. The first-order chi connectivity index (χ1) is 12.3. The SMILES string of the molecule is O=C(CCS(=O)(=O)N1CCc2ccccc2C1)Nc1ccc(F)cc1F. The van der Waals surface area contributed by atoms with Crippen molar-refractivity contribution >= 4 is 21.6 Å². The Bertz CT molecular complexity index is 932. The molecular weight excluding hydrogens is 362 g/mol. The summed E-state index contributed by atoms with van der Waals surface area (Å²) >= 11 is 0. The summed E-state index contributed by atoms with van der Waals surface area (Å²) in [7, 11) is -3.61. The zero-order chi connectivity index (χ0) is 18.7. The summed E-state index contributed by atoms with van der Waals surface area (Å²) in [5, 5.41) is 2.27. The molecule has 138 valence electrons. The van der Waals surface area contributed by atoms with Crippen LogP contribution in [-0.4, -0.2) is 30.9 Å². The van der Waals surface area contributed by atoms with E-state index in [1.54, 1.807) is 0 Å². The lowest BCUT2D eigenvalue weighted by molar-refractivity contribution is -0.115. The Labute approximate surface area is 150 Å². The number of hydrogen-bond donors (Lipinski definition) is 1. The van der Waals surface area contributed by atoms with Gasteiger partial charge in [0.05, 0.1) is 11.4 Å². The van der Waals surface area contributed by atoms with Gasteiger partial charge in [0.15, 0.2) is 0 Å². The van der Waals surface area contributed by atoms with Gasteiger partial charge in [0.1, 0.15) is 11.6 Å². The van der Waals surface area contributed by atoms with E-state index in [0.717, 1.165) is 23.3 Å². The fraction of sp³-hybridized carbons (Fsp3) is 0.278. The summed E-state index contributed by atoms with van der Waals surface area (Å²) in [6.07, 6.45) is 0.319. The maximum atomic E-state index is 13.5. The third-order valence-electron chi connectivity index (χ3n) is 4.28. The second kappa shape index (κ2) is 7.51. The highest BCUT2D eigenvalue weighted by atomic mass is 32.2. The molecule has 1 amide bonds. The maximum Gasteiger partial charge on any atom is 0.225 e. The van der Waals surface area contributed by atoms with Crippen molar-refractivity contribution < 1.29 is 22.0 Å². The molecule has 0 atom stereocenters. The fourth-order valence-corrected chi connectivity index (χ4v) is 4.27. The molecule has 2 aromatic rings. The smallest absolute Gasteiger partial charge is 0.225 e. The third-order valence-corrected chi connectivity index (χ3v) is 6.10. The van der Waals surface area contributed by atoms with Gasteiger partial charge in [-0.2, -0.15) is 4.31 Å². The van der Waals surface area contributed by atoms with E-state index in [4.69, 9.17) is 0 Å². The molecule has 1 aliphatic heterocycles. The normalized spacial score (nSPS) is 14.7. The molecule has 1 N–H and O–H groups in total. The van der Waals surface area contributed by atoms with Crippen molar-refractivity contribution in [2.75, 3.05) is 17.6 Å². The summed E-state index contributed by atoms with van der Waals surface area (Å²) in [6, 6.07) is 10.4. The minimum Gasteiger partial charge on any atom is -0.324 e. The quantitative estimate of drug-likeness (QED) is 0.867. The van der Waals surface area contributed by atoms with Crippen molar-refractivity contribution in [1.82, 2.24) is 4.31 Å². The molecule has 0 saturated heterocycles. The Morgan fingerprint density at radius 3 is 2.58 bits per heavy atom. The predicted octanol–water partition coefficient (Wildman–Crippen LogP) is 2.68. The van der Waals surface area contributed by atoms with E-state index in [1.807, 2.05) is 24.3 Å². The number of rotatable bonds is 5. The molecule has 1 heterocycles. The van der Waals surface area contributed by atoms with Crippen molar-refractivity contribution in [3.05, 3.63) is 65.2 Å².